The van der Waals surface area contributed by atoms with E-state index in [0.717, 1.165) is 23.1 Å². The summed E-state index contributed by atoms with van der Waals surface area (Å²) in [5, 5.41) is 0. The predicted molar refractivity (Wildman–Crippen MR) is 147 cm³/mol. The molecule has 0 bridgehead atoms. The lowest BCUT2D eigenvalue weighted by Gasteiger charge is -2.35. The average molecular weight is 520 g/mol. The van der Waals surface area contributed by atoms with E-state index in [2.05, 4.69) is 18.7 Å². The van der Waals surface area contributed by atoms with Gasteiger partial charge in [-0.05, 0) is 41.2 Å². The highest BCUT2D eigenvalue weighted by Gasteiger charge is 2.30. The van der Waals surface area contributed by atoms with E-state index in [1.54, 1.807) is 12.1 Å². The van der Waals surface area contributed by atoms with Crippen LogP contribution in [0.1, 0.15) is 42.9 Å². The molecule has 0 radical (unpaired) electrons. The number of rotatable bonds is 10. The molecule has 1 aliphatic rings. The first-order valence-electron chi connectivity index (χ1n) is 13.0. The molecule has 4 rings (SSSR count). The summed E-state index contributed by atoms with van der Waals surface area (Å²) in [7, 11) is -3.55. The quantitative estimate of drug-likeness (QED) is 0.388. The molecule has 1 heterocycles. The number of piperazine rings is 1. The minimum absolute atomic E-state index is 0.0460. The number of carbonyl (C=O) groups is 1. The Morgan fingerprint density at radius 2 is 1.32 bits per heavy atom. The highest BCUT2D eigenvalue weighted by molar-refractivity contribution is 7.89. The lowest BCUT2D eigenvalue weighted by Crippen LogP contribution is -2.51. The Hall–Kier alpha value is -3.00. The fourth-order valence-electron chi connectivity index (χ4n) is 4.61. The second-order valence-corrected chi connectivity index (χ2v) is 11.7. The fourth-order valence-corrected chi connectivity index (χ4v) is 6.03. The molecule has 37 heavy (non-hydrogen) atoms. The first kappa shape index (κ1) is 27.0. The number of hydrogen-bond acceptors (Lipinski definition) is 4. The maximum Gasteiger partial charge on any atom is 0.243 e. The molecule has 0 aliphatic carbocycles. The summed E-state index contributed by atoms with van der Waals surface area (Å²) in [6.45, 7) is 7.43. The van der Waals surface area contributed by atoms with Gasteiger partial charge >= 0.3 is 0 Å². The summed E-state index contributed by atoms with van der Waals surface area (Å²) in [6, 6.07) is 27.3. The third-order valence-corrected chi connectivity index (χ3v) is 9.09. The van der Waals surface area contributed by atoms with Crippen LogP contribution in [0.25, 0.3) is 0 Å². The van der Waals surface area contributed by atoms with E-state index in [4.69, 9.17) is 0 Å². The van der Waals surface area contributed by atoms with Gasteiger partial charge in [-0.25, -0.2) is 8.42 Å². The molecule has 1 saturated heterocycles. The zero-order valence-corrected chi connectivity index (χ0v) is 22.6. The summed E-state index contributed by atoms with van der Waals surface area (Å²) in [5.41, 5.74) is 3.32. The van der Waals surface area contributed by atoms with Crippen LogP contribution in [0.15, 0.2) is 89.8 Å². The summed E-state index contributed by atoms with van der Waals surface area (Å²) in [6.07, 6.45) is 1.01. The Bertz CT molecular complexity index is 1200. The minimum Gasteiger partial charge on any atom is -0.333 e. The van der Waals surface area contributed by atoms with Gasteiger partial charge in [-0.1, -0.05) is 86.6 Å². The van der Waals surface area contributed by atoms with Crippen molar-refractivity contribution in [1.82, 2.24) is 14.1 Å². The average Bonchev–Trinajstić information content (AvgIpc) is 2.93. The molecule has 7 heteroatoms. The molecule has 0 saturated carbocycles. The van der Waals surface area contributed by atoms with Gasteiger partial charge in [0.1, 0.15) is 0 Å². The summed E-state index contributed by atoms with van der Waals surface area (Å²) >= 11 is 0. The molecule has 196 valence electrons. The monoisotopic (exact) mass is 519 g/mol. The Morgan fingerprint density at radius 3 is 1.81 bits per heavy atom. The molecule has 6 nitrogen and oxygen atoms in total. The SMILES string of the molecule is CC[C@@H](C)c1ccc(S(=O)(=O)N2CCN(CC(=O)N(Cc3ccccc3)Cc3ccccc3)CC2)cc1. The van der Waals surface area contributed by atoms with Crippen molar-refractivity contribution >= 4 is 15.9 Å². The molecule has 1 fully saturated rings. The van der Waals surface area contributed by atoms with Gasteiger partial charge in [-0.15, -0.1) is 0 Å². The highest BCUT2D eigenvalue weighted by atomic mass is 32.2. The molecule has 0 spiro atoms. The topological polar surface area (TPSA) is 60.9 Å². The van der Waals surface area contributed by atoms with Crippen LogP contribution in [0.5, 0.6) is 0 Å². The van der Waals surface area contributed by atoms with Crippen LogP contribution in [-0.4, -0.2) is 61.2 Å². The number of sulfonamides is 1. The summed E-state index contributed by atoms with van der Waals surface area (Å²) in [5.74, 6) is 0.450. The highest BCUT2D eigenvalue weighted by Crippen LogP contribution is 2.23. The maximum atomic E-state index is 13.4. The Kier molecular flexibility index (Phi) is 9.14. The van der Waals surface area contributed by atoms with E-state index >= 15 is 0 Å². The first-order valence-corrected chi connectivity index (χ1v) is 14.5. The molecule has 1 amide bonds. The Labute approximate surface area is 221 Å². The van der Waals surface area contributed by atoms with E-state index in [1.165, 1.54) is 4.31 Å². The molecular weight excluding hydrogens is 482 g/mol. The molecule has 1 aliphatic heterocycles. The van der Waals surface area contributed by atoms with Gasteiger partial charge in [-0.2, -0.15) is 4.31 Å². The number of nitrogens with zero attached hydrogens (tertiary/aromatic N) is 3. The van der Waals surface area contributed by atoms with E-state index in [-0.39, 0.29) is 12.5 Å². The van der Waals surface area contributed by atoms with Gasteiger partial charge < -0.3 is 4.90 Å². The fraction of sp³-hybridized carbons (Fsp3) is 0.367. The van der Waals surface area contributed by atoms with E-state index < -0.39 is 10.0 Å². The molecule has 3 aromatic carbocycles. The van der Waals surface area contributed by atoms with Gasteiger partial charge in [0.2, 0.25) is 15.9 Å². The lowest BCUT2D eigenvalue weighted by molar-refractivity contribution is -0.134. The van der Waals surface area contributed by atoms with Crippen molar-refractivity contribution < 1.29 is 13.2 Å². The number of hydrogen-bond donors (Lipinski definition) is 0. The number of carbonyl (C=O) groups excluding carboxylic acids is 1. The summed E-state index contributed by atoms with van der Waals surface area (Å²) < 4.78 is 28.0. The van der Waals surface area contributed by atoms with Gasteiger partial charge in [0.15, 0.2) is 0 Å². The first-order chi connectivity index (χ1) is 17.9. The van der Waals surface area contributed by atoms with Crippen LogP contribution in [0.2, 0.25) is 0 Å². The minimum atomic E-state index is -3.55. The Balaban J connectivity index is 1.37. The number of amides is 1. The number of benzene rings is 3. The molecule has 0 unspecified atom stereocenters. The van der Waals surface area contributed by atoms with Crippen LogP contribution >= 0.6 is 0 Å². The van der Waals surface area contributed by atoms with Crippen LogP contribution in [0, 0.1) is 0 Å². The summed E-state index contributed by atoms with van der Waals surface area (Å²) in [4.78, 5) is 17.7. The lowest BCUT2D eigenvalue weighted by atomic mass is 9.99. The van der Waals surface area contributed by atoms with Crippen LogP contribution in [-0.2, 0) is 27.9 Å². The van der Waals surface area contributed by atoms with Crippen molar-refractivity contribution in [1.29, 1.82) is 0 Å². The largest absolute Gasteiger partial charge is 0.333 e. The van der Waals surface area contributed by atoms with Crippen LogP contribution in [0.4, 0.5) is 0 Å². The van der Waals surface area contributed by atoms with Crippen LogP contribution < -0.4 is 0 Å². The van der Waals surface area contributed by atoms with Crippen molar-refractivity contribution in [3.8, 4) is 0 Å². The zero-order valence-electron chi connectivity index (χ0n) is 21.8. The van der Waals surface area contributed by atoms with E-state index in [9.17, 15) is 13.2 Å². The predicted octanol–water partition coefficient (Wildman–Crippen LogP) is 4.74. The Morgan fingerprint density at radius 1 is 0.811 bits per heavy atom. The standard InChI is InChI=1S/C30H37N3O3S/c1-3-25(2)28-14-16-29(17-15-28)37(35,36)33-20-18-31(19-21-33)24-30(34)32(22-26-10-6-4-7-11-26)23-27-12-8-5-9-13-27/h4-17,25H,3,18-24H2,1-2H3/t25-/m1/s1. The normalized spacial score (nSPS) is 15.8. The van der Waals surface area contributed by atoms with Crippen molar-refractivity contribution in [2.45, 2.75) is 44.2 Å². The molecule has 1 atom stereocenters. The second kappa shape index (κ2) is 12.5. The van der Waals surface area contributed by atoms with Crippen LogP contribution in [0.3, 0.4) is 0 Å². The van der Waals surface area contributed by atoms with Gasteiger partial charge in [0.05, 0.1) is 11.4 Å². The van der Waals surface area contributed by atoms with Gasteiger partial charge in [0.25, 0.3) is 0 Å². The molecule has 3 aromatic rings. The zero-order chi connectivity index (χ0) is 26.3. The molecule has 0 aromatic heterocycles. The van der Waals surface area contributed by atoms with E-state index in [1.807, 2.05) is 77.7 Å². The van der Waals surface area contributed by atoms with E-state index in [0.29, 0.717) is 50.1 Å². The van der Waals surface area contributed by atoms with Gasteiger partial charge in [0, 0.05) is 39.3 Å². The molecule has 0 N–H and O–H groups in total. The van der Waals surface area contributed by atoms with Crippen molar-refractivity contribution in [2.75, 3.05) is 32.7 Å². The molecular formula is C30H37N3O3S. The van der Waals surface area contributed by atoms with Gasteiger partial charge in [-0.3, -0.25) is 9.69 Å². The third kappa shape index (κ3) is 7.06. The smallest absolute Gasteiger partial charge is 0.243 e. The second-order valence-electron chi connectivity index (χ2n) is 9.78. The van der Waals surface area contributed by atoms with Crippen molar-refractivity contribution in [3.63, 3.8) is 0 Å². The van der Waals surface area contributed by atoms with Crippen molar-refractivity contribution in [3.05, 3.63) is 102 Å². The third-order valence-electron chi connectivity index (χ3n) is 7.17. The maximum absolute atomic E-state index is 13.4. The van der Waals surface area contributed by atoms with Crippen molar-refractivity contribution in [2.24, 2.45) is 0 Å².